The van der Waals surface area contributed by atoms with Crippen LogP contribution >= 0.6 is 0 Å². The average Bonchev–Trinajstić information content (AvgIpc) is 4.26. The van der Waals surface area contributed by atoms with E-state index >= 15 is 0 Å². The summed E-state index contributed by atoms with van der Waals surface area (Å²) >= 11 is 0. The van der Waals surface area contributed by atoms with Crippen LogP contribution in [-0.4, -0.2) is 69.6 Å². The lowest BCUT2D eigenvalue weighted by Gasteiger charge is -2.13. The molecule has 4 aromatic heterocycles. The number of rotatable bonds is 24. The molecule has 7 aromatic carbocycles. The number of fused-ring (bicyclic) bond motifs is 2. The van der Waals surface area contributed by atoms with E-state index < -0.39 is 0 Å². The van der Waals surface area contributed by atoms with E-state index in [1.807, 2.05) is 158 Å². The number of para-hydroxylation sites is 2. The zero-order valence-corrected chi connectivity index (χ0v) is 42.3. The topological polar surface area (TPSA) is 177 Å². The molecule has 0 amide bonds. The zero-order chi connectivity index (χ0) is 52.9. The molecule has 0 spiro atoms. The quantitative estimate of drug-likeness (QED) is 0.0522. The molecule has 0 saturated carbocycles. The van der Waals surface area contributed by atoms with Crippen molar-refractivity contribution in [2.45, 2.75) is 26.3 Å². The minimum absolute atomic E-state index is 0.145. The fourth-order valence-electron chi connectivity index (χ4n) is 8.65. The molecule has 11 rings (SSSR count). The van der Waals surface area contributed by atoms with E-state index in [1.165, 1.54) is 0 Å². The Bertz CT molecular complexity index is 3640. The molecule has 0 atom stereocenters. The van der Waals surface area contributed by atoms with Crippen LogP contribution in [0.1, 0.15) is 11.1 Å². The van der Waals surface area contributed by atoms with E-state index in [9.17, 15) is 9.59 Å². The third kappa shape index (κ3) is 12.2. The van der Waals surface area contributed by atoms with Crippen molar-refractivity contribution in [3.05, 3.63) is 226 Å². The van der Waals surface area contributed by atoms with Gasteiger partial charge in [-0.2, -0.15) is 0 Å². The van der Waals surface area contributed by atoms with Gasteiger partial charge in [-0.3, -0.25) is 9.59 Å². The molecular weight excluding hydrogens is 989 g/mol. The number of hydrogen-bond donors (Lipinski definition) is 0. The van der Waals surface area contributed by atoms with Crippen molar-refractivity contribution < 1.29 is 37.3 Å². The molecule has 16 heteroatoms. The van der Waals surface area contributed by atoms with Crippen molar-refractivity contribution in [3.8, 4) is 68.2 Å². The maximum atomic E-state index is 13.6. The van der Waals surface area contributed by atoms with E-state index in [-0.39, 0.29) is 35.6 Å². The summed E-state index contributed by atoms with van der Waals surface area (Å²) in [5.41, 5.74) is 6.92. The second-order valence-electron chi connectivity index (χ2n) is 18.0. The number of nitrogens with zero attached hydrogens (tertiary/aromatic N) is 6. The minimum atomic E-state index is -0.238. The Labute approximate surface area is 447 Å². The van der Waals surface area contributed by atoms with Gasteiger partial charge in [0, 0.05) is 22.3 Å². The summed E-state index contributed by atoms with van der Waals surface area (Å²) < 4.78 is 52.1. The van der Waals surface area contributed by atoms with E-state index in [0.717, 1.165) is 33.6 Å². The maximum absolute atomic E-state index is 13.6. The number of ether oxygens (including phenoxy) is 6. The Kier molecular flexibility index (Phi) is 15.8. The summed E-state index contributed by atoms with van der Waals surface area (Å²) in [5.74, 6) is 2.15. The smallest absolute Gasteiger partial charge is 0.235 e. The molecule has 0 unspecified atom stereocenters. The van der Waals surface area contributed by atoms with Crippen molar-refractivity contribution >= 4 is 21.9 Å². The molecule has 0 aliphatic carbocycles. The molecule has 0 bridgehead atoms. The summed E-state index contributed by atoms with van der Waals surface area (Å²) in [5, 5.41) is 18.3. The lowest BCUT2D eigenvalue weighted by molar-refractivity contribution is 0.0923. The standard InChI is InChI=1S/C62H52N6O10/c69-57-51-21-7-9-23-55(51)77-59(61(57)75-41-43-13-3-1-4-14-43)47-17-11-19-49(37-47)73-35-33-71-31-29-67-39-53(63-65-67)45-25-27-46(28-26-45)54-40-68(66-64-54)30-32-72-34-36-74-50-20-12-18-48(38-50)60-62(76-42-44-15-5-2-6-16-44)58(70)52-22-8-10-24-56(52)78-60/h1-28,37-40H,29-36,41-42H2. The molecule has 4 heterocycles. The van der Waals surface area contributed by atoms with Crippen molar-refractivity contribution in [2.24, 2.45) is 0 Å². The van der Waals surface area contributed by atoms with Crippen molar-refractivity contribution in [1.29, 1.82) is 0 Å². The van der Waals surface area contributed by atoms with E-state index in [2.05, 4.69) is 20.6 Å². The van der Waals surface area contributed by atoms with Crippen LogP contribution in [0.5, 0.6) is 23.0 Å². The Morgan fingerprint density at radius 1 is 0.397 bits per heavy atom. The molecular formula is C62H52N6O10. The number of hydrogen-bond acceptors (Lipinski definition) is 14. The SMILES string of the molecule is O=c1c(OCc2ccccc2)c(-c2cccc(OCCOCCn3cc(-c4ccc(-c5cn(CCOCCOc6cccc(-c7oc8ccccc8c(=O)c7OCc7ccccc7)c6)nn5)cc4)nn3)c2)oc2ccccc12. The number of aromatic nitrogens is 6. The van der Waals surface area contributed by atoms with Gasteiger partial charge in [-0.1, -0.05) is 144 Å². The van der Waals surface area contributed by atoms with Crippen LogP contribution in [0.15, 0.2) is 213 Å². The van der Waals surface area contributed by atoms with Crippen molar-refractivity contribution in [2.75, 3.05) is 39.6 Å². The molecule has 16 nitrogen and oxygen atoms in total. The summed E-state index contributed by atoms with van der Waals surface area (Å²) in [6, 6.07) is 56.3. The highest BCUT2D eigenvalue weighted by molar-refractivity contribution is 5.83. The van der Waals surface area contributed by atoms with Gasteiger partial charge >= 0.3 is 0 Å². The lowest BCUT2D eigenvalue weighted by Crippen LogP contribution is -2.12. The van der Waals surface area contributed by atoms with Gasteiger partial charge in [0.1, 0.15) is 60.5 Å². The Morgan fingerprint density at radius 3 is 1.27 bits per heavy atom. The van der Waals surface area contributed by atoms with Crippen molar-refractivity contribution in [1.82, 2.24) is 30.0 Å². The van der Waals surface area contributed by atoms with Crippen LogP contribution in [0.3, 0.4) is 0 Å². The Balaban J connectivity index is 0.611. The Morgan fingerprint density at radius 2 is 0.821 bits per heavy atom. The second-order valence-corrected chi connectivity index (χ2v) is 18.0. The normalized spacial score (nSPS) is 11.3. The van der Waals surface area contributed by atoms with Gasteiger partial charge in [0.05, 0.1) is 62.7 Å². The van der Waals surface area contributed by atoms with Crippen LogP contribution < -0.4 is 29.8 Å². The second kappa shape index (κ2) is 24.4. The fourth-order valence-corrected chi connectivity index (χ4v) is 8.65. The molecule has 0 N–H and O–H groups in total. The Hall–Kier alpha value is -9.64. The summed E-state index contributed by atoms with van der Waals surface area (Å²) in [6.45, 7) is 3.55. The molecule has 11 aromatic rings. The zero-order valence-electron chi connectivity index (χ0n) is 42.3. The van der Waals surface area contributed by atoms with Crippen LogP contribution in [0, 0.1) is 0 Å². The first kappa shape index (κ1) is 50.5. The summed E-state index contributed by atoms with van der Waals surface area (Å²) in [7, 11) is 0. The first-order valence-electron chi connectivity index (χ1n) is 25.5. The van der Waals surface area contributed by atoms with Gasteiger partial charge in [0.25, 0.3) is 0 Å². The highest BCUT2D eigenvalue weighted by Gasteiger charge is 2.21. The number of benzene rings is 7. The molecule has 390 valence electrons. The highest BCUT2D eigenvalue weighted by atomic mass is 16.5. The largest absolute Gasteiger partial charge is 0.491 e. The van der Waals surface area contributed by atoms with Gasteiger partial charge in [-0.25, -0.2) is 9.36 Å². The first-order valence-corrected chi connectivity index (χ1v) is 25.5. The van der Waals surface area contributed by atoms with E-state index in [1.54, 1.807) is 45.8 Å². The van der Waals surface area contributed by atoms with Crippen LogP contribution in [-0.2, 0) is 35.8 Å². The van der Waals surface area contributed by atoms with Gasteiger partial charge in [0.2, 0.25) is 22.4 Å². The van der Waals surface area contributed by atoms with E-state index in [0.29, 0.717) is 109 Å². The average molecular weight is 1040 g/mol. The summed E-state index contributed by atoms with van der Waals surface area (Å²) in [6.07, 6.45) is 3.77. The predicted molar refractivity (Wildman–Crippen MR) is 294 cm³/mol. The minimum Gasteiger partial charge on any atom is -0.491 e. The molecule has 0 aliphatic heterocycles. The predicted octanol–water partition coefficient (Wildman–Crippen LogP) is 11.1. The van der Waals surface area contributed by atoms with Gasteiger partial charge in [-0.05, 0) is 59.7 Å². The van der Waals surface area contributed by atoms with Crippen molar-refractivity contribution in [3.63, 3.8) is 0 Å². The highest BCUT2D eigenvalue weighted by Crippen LogP contribution is 2.35. The lowest BCUT2D eigenvalue weighted by atomic mass is 10.1. The fraction of sp³-hybridized carbons (Fsp3) is 0.161. The maximum Gasteiger partial charge on any atom is 0.235 e. The molecule has 0 fully saturated rings. The first-order chi connectivity index (χ1) is 38.5. The van der Waals surface area contributed by atoms with E-state index in [4.69, 9.17) is 37.3 Å². The molecule has 0 radical (unpaired) electrons. The molecule has 0 aliphatic rings. The van der Waals surface area contributed by atoms with Crippen LogP contribution in [0.2, 0.25) is 0 Å². The monoisotopic (exact) mass is 1040 g/mol. The molecule has 0 saturated heterocycles. The summed E-state index contributed by atoms with van der Waals surface area (Å²) in [4.78, 5) is 27.2. The third-order valence-electron chi connectivity index (χ3n) is 12.6. The van der Waals surface area contributed by atoms with Crippen LogP contribution in [0.25, 0.3) is 67.1 Å². The van der Waals surface area contributed by atoms with Gasteiger partial charge in [-0.15, -0.1) is 10.2 Å². The molecule has 78 heavy (non-hydrogen) atoms. The third-order valence-corrected chi connectivity index (χ3v) is 12.6. The van der Waals surface area contributed by atoms with Gasteiger partial charge in [0.15, 0.2) is 11.5 Å². The van der Waals surface area contributed by atoms with Gasteiger partial charge < -0.3 is 37.3 Å². The van der Waals surface area contributed by atoms with Crippen LogP contribution in [0.4, 0.5) is 0 Å².